The molecule has 0 atom stereocenters. The molecule has 1 saturated heterocycles. The number of furan rings is 1. The molecule has 0 N–H and O–H groups in total. The van der Waals surface area contributed by atoms with E-state index in [1.54, 1.807) is 18.4 Å². The Bertz CT molecular complexity index is 379. The third kappa shape index (κ3) is 3.23. The van der Waals surface area contributed by atoms with Crippen molar-refractivity contribution in [3.05, 3.63) is 36.8 Å². The van der Waals surface area contributed by atoms with Crippen LogP contribution in [-0.2, 0) is 0 Å². The molecule has 0 saturated carbocycles. The van der Waals surface area contributed by atoms with Gasteiger partial charge in [0.15, 0.2) is 5.76 Å². The SMILES string of the molecule is C=CCCCN1CCN(C(=O)c2ccco2)CC1. The van der Waals surface area contributed by atoms with Crippen LogP contribution in [0.5, 0.6) is 0 Å². The Kier molecular flexibility index (Phi) is 4.59. The van der Waals surface area contributed by atoms with Crippen LogP contribution in [0.25, 0.3) is 0 Å². The number of allylic oxidation sites excluding steroid dienone is 1. The molecule has 0 bridgehead atoms. The molecule has 1 aromatic heterocycles. The van der Waals surface area contributed by atoms with Crippen LogP contribution in [0.4, 0.5) is 0 Å². The minimum absolute atomic E-state index is 0.00532. The van der Waals surface area contributed by atoms with Crippen LogP contribution >= 0.6 is 0 Å². The third-order valence-electron chi connectivity index (χ3n) is 3.27. The van der Waals surface area contributed by atoms with Gasteiger partial charge in [-0.15, -0.1) is 6.58 Å². The zero-order valence-corrected chi connectivity index (χ0v) is 10.7. The van der Waals surface area contributed by atoms with E-state index < -0.39 is 0 Å². The van der Waals surface area contributed by atoms with Crippen LogP contribution in [0.3, 0.4) is 0 Å². The predicted octanol–water partition coefficient (Wildman–Crippen LogP) is 2.00. The predicted molar refractivity (Wildman–Crippen MR) is 70.5 cm³/mol. The van der Waals surface area contributed by atoms with E-state index in [0.29, 0.717) is 5.76 Å². The molecule has 2 rings (SSSR count). The van der Waals surface area contributed by atoms with Crippen molar-refractivity contribution in [2.24, 2.45) is 0 Å². The summed E-state index contributed by atoms with van der Waals surface area (Å²) in [5.74, 6) is 0.445. The average Bonchev–Trinajstić information content (AvgIpc) is 2.93. The number of carbonyl (C=O) groups excluding carboxylic acids is 1. The van der Waals surface area contributed by atoms with Crippen LogP contribution < -0.4 is 0 Å². The lowest BCUT2D eigenvalue weighted by molar-refractivity contribution is 0.0605. The third-order valence-corrected chi connectivity index (χ3v) is 3.27. The average molecular weight is 248 g/mol. The number of hydrogen-bond donors (Lipinski definition) is 0. The number of piperazine rings is 1. The molecular weight excluding hydrogens is 228 g/mol. The Morgan fingerprint density at radius 2 is 2.17 bits per heavy atom. The molecule has 0 aliphatic carbocycles. The van der Waals surface area contributed by atoms with Crippen molar-refractivity contribution in [3.63, 3.8) is 0 Å². The largest absolute Gasteiger partial charge is 0.459 e. The van der Waals surface area contributed by atoms with Gasteiger partial charge in [0.1, 0.15) is 0 Å². The van der Waals surface area contributed by atoms with Gasteiger partial charge in [0.2, 0.25) is 0 Å². The number of hydrogen-bond acceptors (Lipinski definition) is 3. The van der Waals surface area contributed by atoms with Gasteiger partial charge < -0.3 is 9.32 Å². The molecule has 1 aromatic rings. The molecule has 1 amide bonds. The van der Waals surface area contributed by atoms with Crippen LogP contribution in [0.2, 0.25) is 0 Å². The maximum absolute atomic E-state index is 12.0. The summed E-state index contributed by atoms with van der Waals surface area (Å²) in [6.45, 7) is 8.28. The summed E-state index contributed by atoms with van der Waals surface area (Å²) >= 11 is 0. The van der Waals surface area contributed by atoms with Crippen molar-refractivity contribution in [1.82, 2.24) is 9.80 Å². The van der Waals surface area contributed by atoms with Crippen molar-refractivity contribution >= 4 is 5.91 Å². The minimum Gasteiger partial charge on any atom is -0.459 e. The van der Waals surface area contributed by atoms with E-state index in [1.807, 2.05) is 11.0 Å². The molecule has 1 aliphatic rings. The topological polar surface area (TPSA) is 36.7 Å². The smallest absolute Gasteiger partial charge is 0.289 e. The van der Waals surface area contributed by atoms with Crippen molar-refractivity contribution < 1.29 is 9.21 Å². The number of nitrogens with zero attached hydrogens (tertiary/aromatic N) is 2. The fourth-order valence-electron chi connectivity index (χ4n) is 2.19. The molecule has 0 aromatic carbocycles. The molecule has 0 unspecified atom stereocenters. The van der Waals surface area contributed by atoms with Gasteiger partial charge in [0, 0.05) is 26.2 Å². The lowest BCUT2D eigenvalue weighted by atomic mass is 10.2. The highest BCUT2D eigenvalue weighted by Gasteiger charge is 2.23. The first-order valence-electron chi connectivity index (χ1n) is 6.47. The normalized spacial score (nSPS) is 16.8. The summed E-state index contributed by atoms with van der Waals surface area (Å²) < 4.78 is 5.14. The maximum Gasteiger partial charge on any atom is 0.289 e. The van der Waals surface area contributed by atoms with Crippen LogP contribution in [0.1, 0.15) is 23.4 Å². The van der Waals surface area contributed by atoms with Gasteiger partial charge in [-0.05, 0) is 31.5 Å². The second-order valence-corrected chi connectivity index (χ2v) is 4.54. The molecule has 18 heavy (non-hydrogen) atoms. The molecular formula is C14H20N2O2. The lowest BCUT2D eigenvalue weighted by Gasteiger charge is -2.34. The first-order chi connectivity index (χ1) is 8.81. The van der Waals surface area contributed by atoms with Gasteiger partial charge in [-0.1, -0.05) is 6.08 Å². The van der Waals surface area contributed by atoms with Gasteiger partial charge in [0.05, 0.1) is 6.26 Å². The zero-order valence-electron chi connectivity index (χ0n) is 10.7. The lowest BCUT2D eigenvalue weighted by Crippen LogP contribution is -2.48. The number of carbonyl (C=O) groups is 1. The van der Waals surface area contributed by atoms with Crippen molar-refractivity contribution in [2.45, 2.75) is 12.8 Å². The standard InChI is InChI=1S/C14H20N2O2/c1-2-3-4-7-15-8-10-16(11-9-15)14(17)13-6-5-12-18-13/h2,5-6,12H,1,3-4,7-11H2. The van der Waals surface area contributed by atoms with Crippen LogP contribution in [-0.4, -0.2) is 48.4 Å². The van der Waals surface area contributed by atoms with E-state index in [-0.39, 0.29) is 5.91 Å². The van der Waals surface area contributed by atoms with Gasteiger partial charge in [-0.3, -0.25) is 9.69 Å². The number of rotatable bonds is 5. The van der Waals surface area contributed by atoms with Gasteiger partial charge in [0.25, 0.3) is 5.91 Å². The summed E-state index contributed by atoms with van der Waals surface area (Å²) in [4.78, 5) is 16.3. The van der Waals surface area contributed by atoms with E-state index in [2.05, 4.69) is 11.5 Å². The highest BCUT2D eigenvalue weighted by molar-refractivity contribution is 5.91. The summed E-state index contributed by atoms with van der Waals surface area (Å²) in [5.41, 5.74) is 0. The van der Waals surface area contributed by atoms with E-state index in [4.69, 9.17) is 4.42 Å². The quantitative estimate of drug-likeness (QED) is 0.591. The van der Waals surface area contributed by atoms with Gasteiger partial charge >= 0.3 is 0 Å². The maximum atomic E-state index is 12.0. The molecule has 1 aliphatic heterocycles. The van der Waals surface area contributed by atoms with Crippen LogP contribution in [0.15, 0.2) is 35.5 Å². The minimum atomic E-state index is 0.00532. The van der Waals surface area contributed by atoms with E-state index >= 15 is 0 Å². The molecule has 2 heterocycles. The Labute approximate surface area is 108 Å². The molecule has 0 radical (unpaired) electrons. The Morgan fingerprint density at radius 1 is 1.39 bits per heavy atom. The van der Waals surface area contributed by atoms with Crippen LogP contribution in [0, 0.1) is 0 Å². The second kappa shape index (κ2) is 6.40. The molecule has 98 valence electrons. The summed E-state index contributed by atoms with van der Waals surface area (Å²) in [6, 6.07) is 3.47. The fraction of sp³-hybridized carbons (Fsp3) is 0.500. The summed E-state index contributed by atoms with van der Waals surface area (Å²) in [5, 5.41) is 0. The first kappa shape index (κ1) is 12.9. The molecule has 4 nitrogen and oxygen atoms in total. The molecule has 1 fully saturated rings. The highest BCUT2D eigenvalue weighted by atomic mass is 16.3. The fourth-order valence-corrected chi connectivity index (χ4v) is 2.19. The Hall–Kier alpha value is -1.55. The Morgan fingerprint density at radius 3 is 2.78 bits per heavy atom. The van der Waals surface area contributed by atoms with Crippen molar-refractivity contribution in [1.29, 1.82) is 0 Å². The summed E-state index contributed by atoms with van der Waals surface area (Å²) in [6.07, 6.45) is 5.70. The number of amides is 1. The van der Waals surface area contributed by atoms with Gasteiger partial charge in [-0.25, -0.2) is 0 Å². The highest BCUT2D eigenvalue weighted by Crippen LogP contribution is 2.09. The van der Waals surface area contributed by atoms with Gasteiger partial charge in [-0.2, -0.15) is 0 Å². The zero-order chi connectivity index (χ0) is 12.8. The molecule has 0 spiro atoms. The van der Waals surface area contributed by atoms with E-state index in [0.717, 1.165) is 45.6 Å². The van der Waals surface area contributed by atoms with Crippen molar-refractivity contribution in [2.75, 3.05) is 32.7 Å². The number of unbranched alkanes of at least 4 members (excludes halogenated alkanes) is 1. The monoisotopic (exact) mass is 248 g/mol. The Balaban J connectivity index is 1.76. The molecule has 4 heteroatoms. The second-order valence-electron chi connectivity index (χ2n) is 4.54. The first-order valence-corrected chi connectivity index (χ1v) is 6.47. The van der Waals surface area contributed by atoms with E-state index in [9.17, 15) is 4.79 Å². The van der Waals surface area contributed by atoms with Crippen molar-refractivity contribution in [3.8, 4) is 0 Å². The summed E-state index contributed by atoms with van der Waals surface area (Å²) in [7, 11) is 0. The van der Waals surface area contributed by atoms with E-state index in [1.165, 1.54) is 0 Å².